The van der Waals surface area contributed by atoms with E-state index < -0.39 is 0 Å². The van der Waals surface area contributed by atoms with Crippen molar-refractivity contribution >= 4 is 5.97 Å². The van der Waals surface area contributed by atoms with Crippen LogP contribution in [0.5, 0.6) is 0 Å². The van der Waals surface area contributed by atoms with E-state index in [-0.39, 0.29) is 11.5 Å². The van der Waals surface area contributed by atoms with Gasteiger partial charge in [0.15, 0.2) is 0 Å². The zero-order valence-electron chi connectivity index (χ0n) is 12.6. The van der Waals surface area contributed by atoms with Gasteiger partial charge in [0, 0.05) is 38.6 Å². The Bertz CT molecular complexity index is 355. The molecular weight excluding hydrogens is 254 g/mol. The Morgan fingerprint density at radius 2 is 2.20 bits per heavy atom. The molecule has 114 valence electrons. The van der Waals surface area contributed by atoms with Crippen molar-refractivity contribution in [2.75, 3.05) is 52.4 Å². The first-order chi connectivity index (χ1) is 9.77. The predicted octanol–water partition coefficient (Wildman–Crippen LogP) is 0.309. The standard InChI is InChI=1S/C15H27N3O2/c1-2-20-14(19)15(18-8-3-6-16-7-11-18)5-10-17-9-4-13(15)12-17/h13,16H,2-12H2,1H3. The summed E-state index contributed by atoms with van der Waals surface area (Å²) in [5, 5.41) is 3.44. The van der Waals surface area contributed by atoms with Gasteiger partial charge in [0.25, 0.3) is 0 Å². The zero-order valence-corrected chi connectivity index (χ0v) is 12.6. The molecule has 0 radical (unpaired) electrons. The molecule has 0 spiro atoms. The number of rotatable bonds is 3. The van der Waals surface area contributed by atoms with Crippen LogP contribution in [0.25, 0.3) is 0 Å². The van der Waals surface area contributed by atoms with Crippen LogP contribution in [0.2, 0.25) is 0 Å². The van der Waals surface area contributed by atoms with E-state index >= 15 is 0 Å². The van der Waals surface area contributed by atoms with E-state index in [9.17, 15) is 4.79 Å². The van der Waals surface area contributed by atoms with Crippen LogP contribution in [0.1, 0.15) is 26.2 Å². The third-order valence-corrected chi connectivity index (χ3v) is 5.29. The maximum absolute atomic E-state index is 12.8. The van der Waals surface area contributed by atoms with Gasteiger partial charge < -0.3 is 15.0 Å². The molecule has 0 aromatic rings. The van der Waals surface area contributed by atoms with Gasteiger partial charge in [0.05, 0.1) is 6.61 Å². The van der Waals surface area contributed by atoms with Crippen molar-refractivity contribution in [2.45, 2.75) is 31.7 Å². The first-order valence-corrected chi connectivity index (χ1v) is 8.12. The number of nitrogens with one attached hydrogen (secondary N) is 1. The quantitative estimate of drug-likeness (QED) is 0.754. The molecule has 0 saturated carbocycles. The van der Waals surface area contributed by atoms with Gasteiger partial charge in [-0.3, -0.25) is 9.69 Å². The second-order valence-electron chi connectivity index (χ2n) is 6.27. The Morgan fingerprint density at radius 1 is 1.30 bits per heavy atom. The summed E-state index contributed by atoms with van der Waals surface area (Å²) < 4.78 is 5.51. The van der Waals surface area contributed by atoms with Crippen molar-refractivity contribution < 1.29 is 9.53 Å². The number of esters is 1. The van der Waals surface area contributed by atoms with Crippen molar-refractivity contribution in [3.8, 4) is 0 Å². The first kappa shape index (κ1) is 14.3. The predicted molar refractivity (Wildman–Crippen MR) is 77.6 cm³/mol. The SMILES string of the molecule is CCOC(=O)C1(N2CCCNCC2)CCN2CCC1C2. The van der Waals surface area contributed by atoms with Gasteiger partial charge in [0.1, 0.15) is 5.54 Å². The minimum atomic E-state index is -0.352. The highest BCUT2D eigenvalue weighted by Crippen LogP contribution is 2.41. The largest absolute Gasteiger partial charge is 0.465 e. The fourth-order valence-corrected chi connectivity index (χ4v) is 4.27. The maximum atomic E-state index is 12.8. The molecule has 2 bridgehead atoms. The molecule has 20 heavy (non-hydrogen) atoms. The smallest absolute Gasteiger partial charge is 0.326 e. The number of carbonyl (C=O) groups excluding carboxylic acids is 1. The average molecular weight is 281 g/mol. The van der Waals surface area contributed by atoms with Crippen molar-refractivity contribution in [1.29, 1.82) is 0 Å². The minimum Gasteiger partial charge on any atom is -0.465 e. The Kier molecular flexibility index (Phi) is 4.29. The summed E-state index contributed by atoms with van der Waals surface area (Å²) in [7, 11) is 0. The van der Waals surface area contributed by atoms with Gasteiger partial charge in [-0.05, 0) is 39.3 Å². The second-order valence-corrected chi connectivity index (χ2v) is 6.27. The maximum Gasteiger partial charge on any atom is 0.326 e. The molecule has 5 heteroatoms. The number of hydrogen-bond donors (Lipinski definition) is 1. The number of ether oxygens (including phenoxy) is 1. The second kappa shape index (κ2) is 6.00. The lowest BCUT2D eigenvalue weighted by Gasteiger charge is -2.48. The summed E-state index contributed by atoms with van der Waals surface area (Å²) in [6.07, 6.45) is 3.21. The normalized spacial score (nSPS) is 38.5. The minimum absolute atomic E-state index is 0.0356. The van der Waals surface area contributed by atoms with Crippen LogP contribution in [0.15, 0.2) is 0 Å². The number of carbonyl (C=O) groups is 1. The Labute approximate surface area is 121 Å². The fourth-order valence-electron chi connectivity index (χ4n) is 4.27. The summed E-state index contributed by atoms with van der Waals surface area (Å²) in [4.78, 5) is 17.8. The summed E-state index contributed by atoms with van der Waals surface area (Å²) in [6, 6.07) is 0. The molecule has 3 saturated heterocycles. The monoisotopic (exact) mass is 281 g/mol. The number of hydrogen-bond acceptors (Lipinski definition) is 5. The molecule has 3 heterocycles. The van der Waals surface area contributed by atoms with Crippen LogP contribution in [0, 0.1) is 5.92 Å². The summed E-state index contributed by atoms with van der Waals surface area (Å²) in [5.74, 6) is 0.488. The number of piperidine rings is 1. The molecule has 0 aliphatic carbocycles. The summed E-state index contributed by atoms with van der Waals surface area (Å²) in [5.41, 5.74) is -0.352. The third kappa shape index (κ3) is 2.36. The van der Waals surface area contributed by atoms with Gasteiger partial charge >= 0.3 is 5.97 Å². The lowest BCUT2D eigenvalue weighted by Crippen LogP contribution is -2.64. The lowest BCUT2D eigenvalue weighted by atomic mass is 9.77. The molecule has 3 aliphatic heterocycles. The van der Waals surface area contributed by atoms with Crippen LogP contribution in [0.3, 0.4) is 0 Å². The van der Waals surface area contributed by atoms with Gasteiger partial charge in [-0.1, -0.05) is 0 Å². The lowest BCUT2D eigenvalue weighted by molar-refractivity contribution is -0.165. The molecule has 3 atom stereocenters. The third-order valence-electron chi connectivity index (χ3n) is 5.29. The van der Waals surface area contributed by atoms with E-state index in [2.05, 4.69) is 15.1 Å². The van der Waals surface area contributed by atoms with Gasteiger partial charge in [-0.15, -0.1) is 0 Å². The molecular formula is C15H27N3O2. The number of nitrogens with zero attached hydrogens (tertiary/aromatic N) is 2. The Morgan fingerprint density at radius 3 is 3.05 bits per heavy atom. The zero-order chi connectivity index (χ0) is 14.0. The summed E-state index contributed by atoms with van der Waals surface area (Å²) >= 11 is 0. The molecule has 3 unspecified atom stereocenters. The fraction of sp³-hybridized carbons (Fsp3) is 0.933. The van der Waals surface area contributed by atoms with Crippen LogP contribution < -0.4 is 5.32 Å². The van der Waals surface area contributed by atoms with Crippen LogP contribution in [-0.4, -0.2) is 73.7 Å². The molecule has 1 N–H and O–H groups in total. The summed E-state index contributed by atoms with van der Waals surface area (Å²) in [6.45, 7) is 9.70. The van der Waals surface area contributed by atoms with Gasteiger partial charge in [-0.25, -0.2) is 0 Å². The van der Waals surface area contributed by atoms with E-state index in [1.165, 1.54) is 0 Å². The van der Waals surface area contributed by atoms with E-state index in [0.29, 0.717) is 12.5 Å². The van der Waals surface area contributed by atoms with Crippen LogP contribution in [0.4, 0.5) is 0 Å². The molecule has 3 fully saturated rings. The highest BCUT2D eigenvalue weighted by molar-refractivity contribution is 5.82. The molecule has 5 nitrogen and oxygen atoms in total. The Balaban J connectivity index is 1.87. The van der Waals surface area contributed by atoms with Crippen molar-refractivity contribution in [3.05, 3.63) is 0 Å². The van der Waals surface area contributed by atoms with E-state index in [4.69, 9.17) is 4.74 Å². The highest BCUT2D eigenvalue weighted by Gasteiger charge is 2.55. The molecule has 0 aromatic carbocycles. The molecule has 3 aliphatic rings. The van der Waals surface area contributed by atoms with E-state index in [1.54, 1.807) is 0 Å². The van der Waals surface area contributed by atoms with Crippen molar-refractivity contribution in [2.24, 2.45) is 5.92 Å². The molecule has 3 rings (SSSR count). The highest BCUT2D eigenvalue weighted by atomic mass is 16.5. The van der Waals surface area contributed by atoms with Crippen LogP contribution in [-0.2, 0) is 9.53 Å². The topological polar surface area (TPSA) is 44.8 Å². The van der Waals surface area contributed by atoms with Crippen LogP contribution >= 0.6 is 0 Å². The first-order valence-electron chi connectivity index (χ1n) is 8.12. The molecule has 0 aromatic heterocycles. The number of fused-ring (bicyclic) bond motifs is 2. The van der Waals surface area contributed by atoms with E-state index in [0.717, 1.165) is 65.1 Å². The van der Waals surface area contributed by atoms with Gasteiger partial charge in [0.2, 0.25) is 0 Å². The van der Waals surface area contributed by atoms with Crippen molar-refractivity contribution in [1.82, 2.24) is 15.1 Å². The van der Waals surface area contributed by atoms with Crippen molar-refractivity contribution in [3.63, 3.8) is 0 Å². The Hall–Kier alpha value is -0.650. The molecule has 0 amide bonds. The average Bonchev–Trinajstić information content (AvgIpc) is 2.68. The van der Waals surface area contributed by atoms with E-state index in [1.807, 2.05) is 6.92 Å². The van der Waals surface area contributed by atoms with Gasteiger partial charge in [-0.2, -0.15) is 0 Å².